The Balaban J connectivity index is 1.95. The molecule has 2 amide bonds. The molecule has 3 N–H and O–H groups in total. The predicted molar refractivity (Wildman–Crippen MR) is 106 cm³/mol. The number of fused-ring (bicyclic) bond motifs is 1. The first-order valence-electron chi connectivity index (χ1n) is 8.19. The first-order chi connectivity index (χ1) is 13.1. The molecule has 146 valence electrons. The van der Waals surface area contributed by atoms with Gasteiger partial charge in [0.25, 0.3) is 5.91 Å². The third-order valence-corrected chi connectivity index (χ3v) is 4.22. The molecule has 0 atom stereocenters. The van der Waals surface area contributed by atoms with Crippen LogP contribution < -0.4 is 15.4 Å². The van der Waals surface area contributed by atoms with Gasteiger partial charge in [-0.15, -0.1) is 0 Å². The van der Waals surface area contributed by atoms with E-state index in [0.29, 0.717) is 28.4 Å². The molecule has 0 unspecified atom stereocenters. The van der Waals surface area contributed by atoms with E-state index in [9.17, 15) is 18.0 Å². The van der Waals surface area contributed by atoms with Gasteiger partial charge in [-0.05, 0) is 30.3 Å². The number of oxazole rings is 1. The van der Waals surface area contributed by atoms with Crippen molar-refractivity contribution < 1.29 is 22.4 Å². The number of rotatable bonds is 5. The number of hydrogen-bond donors (Lipinski definition) is 3. The number of sulfonamides is 1. The Morgan fingerprint density at radius 2 is 1.71 bits per heavy atom. The van der Waals surface area contributed by atoms with E-state index in [0.717, 1.165) is 6.26 Å². The number of carbonyl (C=O) groups is 2. The minimum atomic E-state index is -3.61. The number of aromatic nitrogens is 1. The van der Waals surface area contributed by atoms with Crippen molar-refractivity contribution >= 4 is 50.0 Å². The first-order valence-corrected chi connectivity index (χ1v) is 10.1. The van der Waals surface area contributed by atoms with E-state index in [1.807, 2.05) is 0 Å². The average Bonchev–Trinajstić information content (AvgIpc) is 2.93. The molecule has 0 aliphatic rings. The zero-order chi connectivity index (χ0) is 20.5. The summed E-state index contributed by atoms with van der Waals surface area (Å²) in [5.74, 6) is -0.378. The average molecular weight is 402 g/mol. The zero-order valence-electron chi connectivity index (χ0n) is 15.4. The second kappa shape index (κ2) is 7.31. The second-order valence-corrected chi connectivity index (χ2v) is 7.93. The Labute approximate surface area is 161 Å². The number of benzene rings is 2. The van der Waals surface area contributed by atoms with Crippen LogP contribution in [0.3, 0.4) is 0 Å². The highest BCUT2D eigenvalue weighted by Crippen LogP contribution is 2.25. The molecule has 28 heavy (non-hydrogen) atoms. The minimum absolute atomic E-state index is 0.0468. The minimum Gasteiger partial charge on any atom is -0.441 e. The summed E-state index contributed by atoms with van der Waals surface area (Å²) in [6.45, 7) is 3.05. The van der Waals surface area contributed by atoms with Crippen LogP contribution in [0.4, 0.5) is 17.1 Å². The molecular formula is C18H18N4O5S. The summed E-state index contributed by atoms with van der Waals surface area (Å²) in [7, 11) is -3.61. The van der Waals surface area contributed by atoms with Gasteiger partial charge in [-0.25, -0.2) is 13.4 Å². The van der Waals surface area contributed by atoms with Crippen LogP contribution in [0.1, 0.15) is 23.2 Å². The van der Waals surface area contributed by atoms with Gasteiger partial charge in [0.1, 0.15) is 5.52 Å². The maximum Gasteiger partial charge on any atom is 0.257 e. The molecule has 0 fully saturated rings. The lowest BCUT2D eigenvalue weighted by molar-refractivity contribution is -0.114. The largest absolute Gasteiger partial charge is 0.441 e. The highest BCUT2D eigenvalue weighted by molar-refractivity contribution is 7.92. The fourth-order valence-corrected chi connectivity index (χ4v) is 3.20. The Morgan fingerprint density at radius 1 is 1.04 bits per heavy atom. The number of nitrogens with one attached hydrogen (secondary N) is 3. The third kappa shape index (κ3) is 4.65. The maximum absolute atomic E-state index is 12.8. The number of carbonyl (C=O) groups excluding carboxylic acids is 2. The van der Waals surface area contributed by atoms with Gasteiger partial charge >= 0.3 is 0 Å². The molecule has 0 bridgehead atoms. The molecule has 0 saturated heterocycles. The fourth-order valence-electron chi connectivity index (χ4n) is 2.62. The predicted octanol–water partition coefficient (Wildman–Crippen LogP) is 2.72. The number of aryl methyl sites for hydroxylation is 1. The lowest BCUT2D eigenvalue weighted by Gasteiger charge is -2.13. The van der Waals surface area contributed by atoms with Crippen molar-refractivity contribution in [3.8, 4) is 0 Å². The summed E-state index contributed by atoms with van der Waals surface area (Å²) in [5, 5.41) is 5.25. The van der Waals surface area contributed by atoms with Gasteiger partial charge in [-0.2, -0.15) is 0 Å². The van der Waals surface area contributed by atoms with Gasteiger partial charge < -0.3 is 15.1 Å². The Kier molecular flexibility index (Phi) is 5.06. The molecule has 3 aromatic rings. The molecule has 0 aliphatic heterocycles. The summed E-state index contributed by atoms with van der Waals surface area (Å²) in [6.07, 6.45) is 0.983. The second-order valence-electron chi connectivity index (χ2n) is 6.19. The molecule has 0 radical (unpaired) electrons. The molecule has 1 aromatic heterocycles. The Morgan fingerprint density at radius 3 is 2.39 bits per heavy atom. The molecule has 3 rings (SSSR count). The van der Waals surface area contributed by atoms with E-state index in [1.165, 1.54) is 25.1 Å². The summed E-state index contributed by atoms with van der Waals surface area (Å²) in [4.78, 5) is 28.3. The van der Waals surface area contributed by atoms with Crippen LogP contribution in [0.15, 0.2) is 40.8 Å². The first kappa shape index (κ1) is 19.4. The van der Waals surface area contributed by atoms with Crippen molar-refractivity contribution in [2.75, 3.05) is 21.6 Å². The topological polar surface area (TPSA) is 130 Å². The summed E-state index contributed by atoms with van der Waals surface area (Å²) >= 11 is 0. The SMILES string of the molecule is CC(=O)Nc1ccc(NS(C)(=O)=O)c(C(=O)Nc2ccc3nc(C)oc3c2)c1. The fraction of sp³-hybridized carbons (Fsp3) is 0.167. The Hall–Kier alpha value is -3.40. The van der Waals surface area contributed by atoms with Gasteiger partial charge in [0.15, 0.2) is 11.5 Å². The van der Waals surface area contributed by atoms with E-state index in [-0.39, 0.29) is 17.2 Å². The third-order valence-electron chi connectivity index (χ3n) is 3.63. The highest BCUT2D eigenvalue weighted by atomic mass is 32.2. The van der Waals surface area contributed by atoms with Crippen LogP contribution in [0.5, 0.6) is 0 Å². The van der Waals surface area contributed by atoms with Crippen LogP contribution in [-0.4, -0.2) is 31.5 Å². The molecule has 2 aromatic carbocycles. The van der Waals surface area contributed by atoms with Crippen molar-refractivity contribution in [3.05, 3.63) is 47.9 Å². The lowest BCUT2D eigenvalue weighted by Crippen LogP contribution is -2.18. The standard InChI is InChI=1S/C18H18N4O5S/c1-10(23)19-12-4-6-15(22-28(3,25)26)14(8-12)18(24)21-13-5-7-16-17(9-13)27-11(2)20-16/h4-9,22H,1-3H3,(H,19,23)(H,21,24). The van der Waals surface area contributed by atoms with Gasteiger partial charge in [0.2, 0.25) is 15.9 Å². The monoisotopic (exact) mass is 402 g/mol. The van der Waals surface area contributed by atoms with Gasteiger partial charge in [0, 0.05) is 31.3 Å². The van der Waals surface area contributed by atoms with Crippen LogP contribution in [0, 0.1) is 6.92 Å². The van der Waals surface area contributed by atoms with E-state index >= 15 is 0 Å². The molecule has 1 heterocycles. The van der Waals surface area contributed by atoms with Gasteiger partial charge in [0.05, 0.1) is 17.5 Å². The van der Waals surface area contributed by atoms with E-state index in [4.69, 9.17) is 4.42 Å². The lowest BCUT2D eigenvalue weighted by atomic mass is 10.1. The quantitative estimate of drug-likeness (QED) is 0.601. The number of anilines is 3. The molecule has 0 spiro atoms. The van der Waals surface area contributed by atoms with Gasteiger partial charge in [-0.1, -0.05) is 0 Å². The smallest absolute Gasteiger partial charge is 0.257 e. The zero-order valence-corrected chi connectivity index (χ0v) is 16.2. The molecular weight excluding hydrogens is 384 g/mol. The number of nitrogens with zero attached hydrogens (tertiary/aromatic N) is 1. The molecule has 0 aliphatic carbocycles. The van der Waals surface area contributed by atoms with Crippen LogP contribution in [0.25, 0.3) is 11.1 Å². The summed E-state index contributed by atoms with van der Waals surface area (Å²) < 4.78 is 31.0. The van der Waals surface area contributed by atoms with Crippen LogP contribution in [-0.2, 0) is 14.8 Å². The van der Waals surface area contributed by atoms with E-state index < -0.39 is 15.9 Å². The molecule has 0 saturated carbocycles. The normalized spacial score (nSPS) is 11.2. The molecule has 10 heteroatoms. The van der Waals surface area contributed by atoms with Crippen molar-refractivity contribution in [1.82, 2.24) is 4.98 Å². The summed E-state index contributed by atoms with van der Waals surface area (Å²) in [6, 6.07) is 9.27. The number of hydrogen-bond acceptors (Lipinski definition) is 6. The molecule has 9 nitrogen and oxygen atoms in total. The maximum atomic E-state index is 12.8. The van der Waals surface area contributed by atoms with Crippen LogP contribution >= 0.6 is 0 Å². The number of amides is 2. The van der Waals surface area contributed by atoms with Crippen LogP contribution in [0.2, 0.25) is 0 Å². The van der Waals surface area contributed by atoms with Gasteiger partial charge in [-0.3, -0.25) is 14.3 Å². The van der Waals surface area contributed by atoms with E-state index in [2.05, 4.69) is 20.3 Å². The van der Waals surface area contributed by atoms with Crippen molar-refractivity contribution in [1.29, 1.82) is 0 Å². The van der Waals surface area contributed by atoms with Crippen molar-refractivity contribution in [2.24, 2.45) is 0 Å². The van der Waals surface area contributed by atoms with E-state index in [1.54, 1.807) is 25.1 Å². The Bertz CT molecular complexity index is 1180. The van der Waals surface area contributed by atoms with Crippen molar-refractivity contribution in [2.45, 2.75) is 13.8 Å². The van der Waals surface area contributed by atoms with Crippen molar-refractivity contribution in [3.63, 3.8) is 0 Å². The summed E-state index contributed by atoms with van der Waals surface area (Å²) in [5.41, 5.74) is 2.11. The highest BCUT2D eigenvalue weighted by Gasteiger charge is 2.16.